The number of hydrogen-bond acceptors (Lipinski definition) is 8. The van der Waals surface area contributed by atoms with Crippen molar-refractivity contribution in [2.45, 2.75) is 19.1 Å². The number of ether oxygens (including phenoxy) is 2. The number of nitrogens with zero attached hydrogens (tertiary/aromatic N) is 7. The van der Waals surface area contributed by atoms with E-state index in [1.165, 1.54) is 12.1 Å². The lowest BCUT2D eigenvalue weighted by Gasteiger charge is -2.32. The van der Waals surface area contributed by atoms with E-state index in [1.807, 2.05) is 5.87 Å². The number of allylic oxidation sites excluding steroid dienone is 1. The number of hydrazine groups is 1. The van der Waals surface area contributed by atoms with E-state index in [0.717, 1.165) is 17.1 Å². The number of aromatic nitrogens is 3. The van der Waals surface area contributed by atoms with Crippen molar-refractivity contribution in [1.29, 1.82) is 0 Å². The van der Waals surface area contributed by atoms with Crippen LogP contribution in [0.2, 0.25) is 0 Å². The van der Waals surface area contributed by atoms with E-state index >= 15 is 0 Å². The monoisotopic (exact) mass is 528 g/mol. The fourth-order valence-electron chi connectivity index (χ4n) is 3.51. The molecule has 37 heavy (non-hydrogen) atoms. The van der Waals surface area contributed by atoms with Gasteiger partial charge in [-0.25, -0.2) is 9.98 Å². The zero-order valence-corrected chi connectivity index (χ0v) is 18.6. The lowest BCUT2D eigenvalue weighted by atomic mass is 10.2. The Morgan fingerprint density at radius 3 is 2.51 bits per heavy atom. The summed E-state index contributed by atoms with van der Waals surface area (Å²) in [5.41, 5.74) is 1.88. The van der Waals surface area contributed by atoms with Gasteiger partial charge in [0.15, 0.2) is 5.82 Å². The number of H-pyrrole nitrogens is 1. The van der Waals surface area contributed by atoms with Crippen molar-refractivity contribution in [3.8, 4) is 17.1 Å². The third-order valence-electron chi connectivity index (χ3n) is 5.16. The smallest absolute Gasteiger partial charge is 0.406 e. The highest BCUT2D eigenvalue weighted by Gasteiger charge is 2.54. The van der Waals surface area contributed by atoms with Gasteiger partial charge < -0.3 is 14.4 Å². The van der Waals surface area contributed by atoms with Crippen molar-refractivity contribution in [1.82, 2.24) is 35.2 Å². The molecule has 0 atom stereocenters. The summed E-state index contributed by atoms with van der Waals surface area (Å²) in [6, 6.07) is 4.92. The average molecular weight is 528 g/mol. The molecule has 5 rings (SSSR count). The van der Waals surface area contributed by atoms with Crippen molar-refractivity contribution in [2.75, 3.05) is 26.3 Å². The van der Waals surface area contributed by atoms with E-state index in [-0.39, 0.29) is 35.8 Å². The first kappa shape index (κ1) is 24.4. The summed E-state index contributed by atoms with van der Waals surface area (Å²) in [5, 5.41) is 7.38. The van der Waals surface area contributed by atoms with Gasteiger partial charge in [-0.1, -0.05) is 5.01 Å². The maximum absolute atomic E-state index is 13.5. The topological polar surface area (TPSA) is 117 Å². The van der Waals surface area contributed by atoms with Gasteiger partial charge >= 0.3 is 24.1 Å². The average Bonchev–Trinajstić information content (AvgIpc) is 3.50. The molecular weight excluding hydrogens is 512 g/mol. The number of aromatic amines is 1. The summed E-state index contributed by atoms with van der Waals surface area (Å²) >= 11 is 0. The molecule has 0 saturated carbocycles. The molecule has 0 aliphatic carbocycles. The second-order valence-electron chi connectivity index (χ2n) is 7.69. The fraction of sp³-hybridized carbons (Fsp3) is 0.350. The first-order valence-electron chi connectivity index (χ1n) is 10.6. The van der Waals surface area contributed by atoms with Crippen LogP contribution in [0.1, 0.15) is 5.82 Å². The molecule has 1 aromatic carbocycles. The van der Waals surface area contributed by atoms with E-state index in [9.17, 15) is 26.3 Å². The van der Waals surface area contributed by atoms with Crippen LogP contribution < -0.4 is 14.8 Å². The summed E-state index contributed by atoms with van der Waals surface area (Å²) in [6.07, 6.45) is -9.54. The van der Waals surface area contributed by atoms with Crippen molar-refractivity contribution in [3.63, 3.8) is 0 Å². The zero-order valence-electron chi connectivity index (χ0n) is 18.6. The number of morpholine rings is 1. The SMILES string of the molecule is FC(F)(F)Oc1ccc(-c2n[nH]c(CN=C3N=C(N4CCOCC4)NN4C(C(F)(F)F)=C=[N+]=C34)n2)cc1. The van der Waals surface area contributed by atoms with Gasteiger partial charge in [0.2, 0.25) is 11.8 Å². The molecule has 2 aromatic rings. The van der Waals surface area contributed by atoms with Crippen molar-refractivity contribution < 1.29 is 35.8 Å². The van der Waals surface area contributed by atoms with Gasteiger partial charge in [-0.3, -0.25) is 5.10 Å². The summed E-state index contributed by atoms with van der Waals surface area (Å²) in [6.45, 7) is 1.43. The van der Waals surface area contributed by atoms with Gasteiger partial charge in [0.05, 0.1) is 13.2 Å². The minimum Gasteiger partial charge on any atom is -0.406 e. The number of nitrogens with one attached hydrogen (secondary N) is 2. The van der Waals surface area contributed by atoms with Crippen LogP contribution in [-0.4, -0.2) is 87.4 Å². The predicted octanol–water partition coefficient (Wildman–Crippen LogP) is 1.37. The minimum absolute atomic E-state index is 0.0846. The molecule has 11 nitrogen and oxygen atoms in total. The van der Waals surface area contributed by atoms with E-state index in [2.05, 4.69) is 40.0 Å². The van der Waals surface area contributed by atoms with E-state index in [4.69, 9.17) is 4.74 Å². The van der Waals surface area contributed by atoms with Crippen LogP contribution >= 0.6 is 0 Å². The fourth-order valence-corrected chi connectivity index (χ4v) is 3.51. The normalized spacial score (nSPS) is 18.9. The Balaban J connectivity index is 1.37. The number of alkyl halides is 6. The van der Waals surface area contributed by atoms with Gasteiger partial charge in [0.1, 0.15) is 18.1 Å². The van der Waals surface area contributed by atoms with Crippen LogP contribution in [-0.2, 0) is 11.3 Å². The zero-order chi connectivity index (χ0) is 26.2. The number of rotatable bonds is 4. The number of halogens is 6. The number of guanidine groups is 1. The number of hydrogen-bond donors (Lipinski definition) is 2. The molecule has 1 aromatic heterocycles. The molecule has 0 amide bonds. The lowest BCUT2D eigenvalue weighted by Crippen LogP contribution is -2.59. The van der Waals surface area contributed by atoms with Crippen molar-refractivity contribution in [2.24, 2.45) is 9.98 Å². The Morgan fingerprint density at radius 1 is 1.11 bits per heavy atom. The molecule has 0 spiro atoms. The van der Waals surface area contributed by atoms with Crippen LogP contribution in [0.3, 0.4) is 0 Å². The maximum atomic E-state index is 13.5. The molecule has 1 fully saturated rings. The Labute approximate surface area is 203 Å². The summed E-state index contributed by atoms with van der Waals surface area (Å²) in [5.74, 6) is 1.84. The van der Waals surface area contributed by atoms with Gasteiger partial charge in [-0.2, -0.15) is 28.7 Å². The van der Waals surface area contributed by atoms with Gasteiger partial charge in [-0.05, 0) is 24.3 Å². The number of fused-ring (bicyclic) bond motifs is 1. The van der Waals surface area contributed by atoms with Gasteiger partial charge in [-0.15, -0.1) is 17.8 Å². The largest absolute Gasteiger partial charge is 0.573 e. The Kier molecular flexibility index (Phi) is 6.11. The molecule has 4 heterocycles. The molecule has 3 aliphatic heterocycles. The first-order chi connectivity index (χ1) is 17.6. The second-order valence-corrected chi connectivity index (χ2v) is 7.69. The molecule has 0 radical (unpaired) electrons. The number of amidine groups is 2. The summed E-state index contributed by atoms with van der Waals surface area (Å²) in [7, 11) is 0. The van der Waals surface area contributed by atoms with Crippen LogP contribution in [0.25, 0.3) is 11.4 Å². The molecule has 1 saturated heterocycles. The number of benzene rings is 1. The molecular formula is C20H16F6N9O2+. The summed E-state index contributed by atoms with van der Waals surface area (Å²) in [4.78, 5) is 14.6. The van der Waals surface area contributed by atoms with Crippen LogP contribution in [0.4, 0.5) is 26.3 Å². The molecule has 2 N–H and O–H groups in total. The molecule has 0 bridgehead atoms. The quantitative estimate of drug-likeness (QED) is 0.455. The van der Waals surface area contributed by atoms with E-state index < -0.39 is 24.0 Å². The third kappa shape index (κ3) is 5.43. The van der Waals surface area contributed by atoms with Crippen LogP contribution in [0.15, 0.2) is 39.9 Å². The van der Waals surface area contributed by atoms with Crippen molar-refractivity contribution >= 4 is 23.5 Å². The highest BCUT2D eigenvalue weighted by Crippen LogP contribution is 2.28. The van der Waals surface area contributed by atoms with Crippen LogP contribution in [0, 0.1) is 0 Å². The molecule has 17 heteroatoms. The maximum Gasteiger partial charge on any atom is 0.573 e. The predicted molar refractivity (Wildman–Crippen MR) is 116 cm³/mol. The highest BCUT2D eigenvalue weighted by molar-refractivity contribution is 6.44. The summed E-state index contributed by atoms with van der Waals surface area (Å²) < 4.78 is 90.3. The molecule has 0 unspecified atom stereocenters. The molecule has 3 aliphatic rings. The van der Waals surface area contributed by atoms with Gasteiger partial charge in [0, 0.05) is 18.7 Å². The van der Waals surface area contributed by atoms with E-state index in [1.54, 1.807) is 4.90 Å². The highest BCUT2D eigenvalue weighted by atomic mass is 19.4. The standard InChI is InChI=1S/C20H16F6N9O2/c21-19(22,23)13-9-28-17-16(30-18(33-35(13)17)34-5-7-36-8-6-34)27-10-14-29-15(32-31-14)11-1-3-12(4-2-11)37-20(24,25)26/h1-4H,5-8,10H2,(H,27,30,33)(H,29,31,32)/q+1. The van der Waals surface area contributed by atoms with Crippen LogP contribution in [0.5, 0.6) is 5.75 Å². The Morgan fingerprint density at radius 2 is 1.84 bits per heavy atom. The molecule has 194 valence electrons. The van der Waals surface area contributed by atoms with E-state index in [0.29, 0.717) is 31.9 Å². The Hall–Kier alpha value is -4.33. The first-order valence-corrected chi connectivity index (χ1v) is 10.6. The van der Waals surface area contributed by atoms with Gasteiger partial charge in [0.25, 0.3) is 5.84 Å². The Bertz CT molecular complexity index is 1340. The van der Waals surface area contributed by atoms with Crippen molar-refractivity contribution in [3.05, 3.63) is 35.8 Å². The minimum atomic E-state index is -4.81. The third-order valence-corrected chi connectivity index (χ3v) is 5.16. The second kappa shape index (κ2) is 9.28. The number of aliphatic imine (C=N–C) groups is 2. The lowest BCUT2D eigenvalue weighted by molar-refractivity contribution is -0.274.